The van der Waals surface area contributed by atoms with Crippen molar-refractivity contribution in [3.63, 3.8) is 0 Å². The lowest BCUT2D eigenvalue weighted by Gasteiger charge is -2.23. The Bertz CT molecular complexity index is 1600. The van der Waals surface area contributed by atoms with Crippen molar-refractivity contribution in [3.05, 3.63) is 128 Å². The molecule has 0 aliphatic rings. The predicted molar refractivity (Wildman–Crippen MR) is 160 cm³/mol. The summed E-state index contributed by atoms with van der Waals surface area (Å²) in [7, 11) is -4.00. The molecule has 0 aliphatic heterocycles. The minimum absolute atomic E-state index is 0.0138. The van der Waals surface area contributed by atoms with Crippen LogP contribution in [0.2, 0.25) is 0 Å². The minimum Gasteiger partial charge on any atom is -0.489 e. The fourth-order valence-electron chi connectivity index (χ4n) is 3.52. The molecule has 0 saturated heterocycles. The van der Waals surface area contributed by atoms with Crippen LogP contribution in [0.3, 0.4) is 0 Å². The average Bonchev–Trinajstić information content (AvgIpc) is 2.96. The van der Waals surface area contributed by atoms with E-state index in [9.17, 15) is 23.3 Å². The van der Waals surface area contributed by atoms with Crippen molar-refractivity contribution in [1.82, 2.24) is 5.43 Å². The Morgan fingerprint density at radius 2 is 1.60 bits per heavy atom. The molecule has 0 spiro atoms. The smallest absolute Gasteiger partial charge is 0.269 e. The Morgan fingerprint density at radius 3 is 2.23 bits per heavy atom. The lowest BCUT2D eigenvalue weighted by Crippen LogP contribution is -2.39. The van der Waals surface area contributed by atoms with E-state index in [0.29, 0.717) is 17.0 Å². The molecule has 1 N–H and O–H groups in total. The zero-order valence-corrected chi connectivity index (χ0v) is 23.9. The van der Waals surface area contributed by atoms with Gasteiger partial charge in [0.1, 0.15) is 18.9 Å². The molecule has 0 atom stereocenters. The molecule has 0 unspecified atom stereocenters. The van der Waals surface area contributed by atoms with Crippen LogP contribution < -0.4 is 14.5 Å². The maximum atomic E-state index is 13.3. The molecule has 0 aliphatic carbocycles. The molecule has 0 saturated carbocycles. The quantitative estimate of drug-likeness (QED) is 0.102. The number of hydrogen-bond acceptors (Lipinski definition) is 7. The van der Waals surface area contributed by atoms with Gasteiger partial charge < -0.3 is 4.74 Å². The minimum atomic E-state index is -4.00. The van der Waals surface area contributed by atoms with Gasteiger partial charge in [0.25, 0.3) is 21.6 Å². The molecule has 0 aromatic heterocycles. The largest absolute Gasteiger partial charge is 0.489 e. The van der Waals surface area contributed by atoms with E-state index in [0.717, 1.165) is 13.4 Å². The van der Waals surface area contributed by atoms with Crippen molar-refractivity contribution in [3.8, 4) is 5.75 Å². The van der Waals surface area contributed by atoms with Crippen LogP contribution >= 0.6 is 22.6 Å². The van der Waals surface area contributed by atoms with Crippen LogP contribution in [0.1, 0.15) is 11.1 Å². The highest BCUT2D eigenvalue weighted by molar-refractivity contribution is 14.1. The zero-order chi connectivity index (χ0) is 28.5. The average molecular weight is 670 g/mol. The van der Waals surface area contributed by atoms with Crippen LogP contribution in [-0.2, 0) is 21.4 Å². The van der Waals surface area contributed by atoms with E-state index in [-0.39, 0.29) is 17.2 Å². The second kappa shape index (κ2) is 13.2. The Morgan fingerprint density at radius 1 is 0.950 bits per heavy atom. The topological polar surface area (TPSA) is 131 Å². The standard InChI is InChI=1S/C28H23IN4O6S/c29-23-10-14-24(15-11-23)32(40(37,38)27-4-2-1-3-5-27)19-28(34)31-30-18-21-8-16-26(17-9-21)39-20-22-6-12-25(13-7-22)33(35)36/h1-18H,19-20H2,(H,31,34)/b30-18-. The maximum Gasteiger partial charge on any atom is 0.269 e. The van der Waals surface area contributed by atoms with Gasteiger partial charge in [-0.05, 0) is 107 Å². The molecule has 40 heavy (non-hydrogen) atoms. The molecular formula is C28H23IN4O6S. The highest BCUT2D eigenvalue weighted by Crippen LogP contribution is 2.24. The van der Waals surface area contributed by atoms with Gasteiger partial charge in [-0.3, -0.25) is 19.2 Å². The van der Waals surface area contributed by atoms with Gasteiger partial charge in [-0.1, -0.05) is 18.2 Å². The Hall–Kier alpha value is -4.30. The third kappa shape index (κ3) is 7.64. The lowest BCUT2D eigenvalue weighted by atomic mass is 10.2. The van der Waals surface area contributed by atoms with Crippen molar-refractivity contribution in [2.75, 3.05) is 10.8 Å². The number of hydrazone groups is 1. The zero-order valence-electron chi connectivity index (χ0n) is 20.9. The first-order valence-electron chi connectivity index (χ1n) is 11.8. The number of carbonyl (C=O) groups is 1. The molecular weight excluding hydrogens is 647 g/mol. The molecule has 10 nitrogen and oxygen atoms in total. The Balaban J connectivity index is 1.36. The van der Waals surface area contributed by atoms with Gasteiger partial charge in [0.2, 0.25) is 0 Å². The van der Waals surface area contributed by atoms with Gasteiger partial charge in [0.05, 0.1) is 21.7 Å². The van der Waals surface area contributed by atoms with Gasteiger partial charge in [-0.15, -0.1) is 0 Å². The number of non-ortho nitro benzene ring substituents is 1. The summed E-state index contributed by atoms with van der Waals surface area (Å²) in [4.78, 5) is 23.1. The van der Waals surface area contributed by atoms with E-state index in [1.807, 2.05) is 0 Å². The molecule has 0 bridgehead atoms. The highest BCUT2D eigenvalue weighted by atomic mass is 127. The first-order chi connectivity index (χ1) is 19.2. The van der Waals surface area contributed by atoms with Crippen molar-refractivity contribution in [2.45, 2.75) is 11.5 Å². The first kappa shape index (κ1) is 28.7. The number of hydrogen-bond donors (Lipinski definition) is 1. The third-order valence-corrected chi connectivity index (χ3v) is 8.08. The van der Waals surface area contributed by atoms with Crippen LogP contribution in [0.4, 0.5) is 11.4 Å². The summed E-state index contributed by atoms with van der Waals surface area (Å²) in [5, 5.41) is 14.7. The number of nitrogens with zero attached hydrogens (tertiary/aromatic N) is 3. The van der Waals surface area contributed by atoms with Crippen molar-refractivity contribution in [1.29, 1.82) is 0 Å². The van der Waals surface area contributed by atoms with Crippen LogP contribution in [-0.4, -0.2) is 32.0 Å². The summed E-state index contributed by atoms with van der Waals surface area (Å²) >= 11 is 2.12. The number of nitro groups is 1. The number of benzene rings is 4. The number of amides is 1. The van der Waals surface area contributed by atoms with Gasteiger partial charge in [-0.2, -0.15) is 5.10 Å². The number of sulfonamides is 1. The molecule has 4 rings (SSSR count). The third-order valence-electron chi connectivity index (χ3n) is 5.57. The van der Waals surface area contributed by atoms with Crippen LogP contribution in [0.15, 0.2) is 113 Å². The molecule has 12 heteroatoms. The molecule has 0 fully saturated rings. The second-order valence-electron chi connectivity index (χ2n) is 8.38. The number of ether oxygens (including phenoxy) is 1. The van der Waals surface area contributed by atoms with Gasteiger partial charge in [0, 0.05) is 15.7 Å². The van der Waals surface area contributed by atoms with Crippen LogP contribution in [0, 0.1) is 13.7 Å². The number of anilines is 1. The summed E-state index contributed by atoms with van der Waals surface area (Å²) in [6, 6.07) is 27.7. The molecule has 4 aromatic carbocycles. The molecule has 0 radical (unpaired) electrons. The summed E-state index contributed by atoms with van der Waals surface area (Å²) < 4.78 is 34.3. The fraction of sp³-hybridized carbons (Fsp3) is 0.0714. The number of nitrogens with one attached hydrogen (secondary N) is 1. The number of rotatable bonds is 11. The molecule has 1 amide bonds. The van der Waals surface area contributed by atoms with Crippen molar-refractivity contribution >= 4 is 56.1 Å². The van der Waals surface area contributed by atoms with Crippen LogP contribution in [0.5, 0.6) is 5.75 Å². The van der Waals surface area contributed by atoms with Gasteiger partial charge >= 0.3 is 0 Å². The fourth-order valence-corrected chi connectivity index (χ4v) is 5.32. The summed E-state index contributed by atoms with van der Waals surface area (Å²) in [5.74, 6) is -0.0313. The van der Waals surface area contributed by atoms with E-state index >= 15 is 0 Å². The molecule has 4 aromatic rings. The maximum absolute atomic E-state index is 13.3. The molecule has 0 heterocycles. The number of halogens is 1. The number of nitro benzene ring substituents is 1. The van der Waals surface area contributed by atoms with E-state index in [2.05, 4.69) is 33.1 Å². The van der Waals surface area contributed by atoms with E-state index in [1.165, 1.54) is 30.5 Å². The summed E-state index contributed by atoms with van der Waals surface area (Å²) in [6.07, 6.45) is 1.43. The van der Waals surface area contributed by atoms with Gasteiger partial charge in [-0.25, -0.2) is 13.8 Å². The molecule has 204 valence electrons. The van der Waals surface area contributed by atoms with E-state index in [1.54, 1.807) is 78.9 Å². The van der Waals surface area contributed by atoms with Crippen molar-refractivity contribution < 1.29 is 22.9 Å². The normalized spacial score (nSPS) is 11.2. The Kier molecular flexibility index (Phi) is 9.45. The first-order valence-corrected chi connectivity index (χ1v) is 14.4. The van der Waals surface area contributed by atoms with E-state index < -0.39 is 27.4 Å². The lowest BCUT2D eigenvalue weighted by molar-refractivity contribution is -0.384. The van der Waals surface area contributed by atoms with Crippen molar-refractivity contribution in [2.24, 2.45) is 5.10 Å². The van der Waals surface area contributed by atoms with Crippen LogP contribution in [0.25, 0.3) is 0 Å². The summed E-state index contributed by atoms with van der Waals surface area (Å²) in [6.45, 7) is -0.227. The monoisotopic (exact) mass is 670 g/mol. The van der Waals surface area contributed by atoms with E-state index in [4.69, 9.17) is 4.74 Å². The Labute approximate surface area is 244 Å². The predicted octanol–water partition coefficient (Wildman–Crippen LogP) is 5.12. The second-order valence-corrected chi connectivity index (χ2v) is 11.5. The van der Waals surface area contributed by atoms with Gasteiger partial charge in [0.15, 0.2) is 0 Å². The summed E-state index contributed by atoms with van der Waals surface area (Å²) in [5.41, 5.74) is 4.21. The number of carbonyl (C=O) groups excluding carboxylic acids is 1. The SMILES string of the molecule is O=C(CN(c1ccc(I)cc1)S(=O)(=O)c1ccccc1)N/N=C\c1ccc(OCc2ccc([N+](=O)[O-])cc2)cc1. The highest BCUT2D eigenvalue weighted by Gasteiger charge is 2.27.